The zero-order chi connectivity index (χ0) is 15.4. The molecule has 110 valence electrons. The molecule has 0 aliphatic rings. The highest BCUT2D eigenvalue weighted by Crippen LogP contribution is 2.21. The van der Waals surface area contributed by atoms with Crippen LogP contribution in [-0.4, -0.2) is 26.8 Å². The number of carbonyl (C=O) groups excluding carboxylic acids is 1. The predicted octanol–water partition coefficient (Wildman–Crippen LogP) is 3.83. The van der Waals surface area contributed by atoms with E-state index in [1.807, 2.05) is 32.0 Å². The molecule has 2 rings (SSSR count). The fourth-order valence-electron chi connectivity index (χ4n) is 1.86. The lowest BCUT2D eigenvalue weighted by Crippen LogP contribution is -2.36. The number of amides is 1. The van der Waals surface area contributed by atoms with E-state index in [-0.39, 0.29) is 22.1 Å². The predicted molar refractivity (Wildman–Crippen MR) is 83.5 cm³/mol. The van der Waals surface area contributed by atoms with Crippen LogP contribution in [-0.2, 0) is 6.54 Å². The van der Waals surface area contributed by atoms with E-state index in [2.05, 4.69) is 9.97 Å². The Labute approximate surface area is 133 Å². The van der Waals surface area contributed by atoms with Crippen LogP contribution in [0.15, 0.2) is 36.7 Å². The van der Waals surface area contributed by atoms with Crippen LogP contribution >= 0.6 is 23.2 Å². The van der Waals surface area contributed by atoms with Gasteiger partial charge in [0.25, 0.3) is 5.91 Å². The van der Waals surface area contributed by atoms with Gasteiger partial charge < -0.3 is 4.90 Å². The van der Waals surface area contributed by atoms with Gasteiger partial charge in [-0.15, -0.1) is 0 Å². The summed E-state index contributed by atoms with van der Waals surface area (Å²) in [5.41, 5.74) is 1.24. The summed E-state index contributed by atoms with van der Waals surface area (Å²) in [4.78, 5) is 22.5. The van der Waals surface area contributed by atoms with Crippen molar-refractivity contribution in [2.24, 2.45) is 0 Å². The van der Waals surface area contributed by atoms with E-state index in [0.29, 0.717) is 12.1 Å². The molecule has 0 aliphatic carbocycles. The third kappa shape index (κ3) is 3.93. The van der Waals surface area contributed by atoms with Crippen molar-refractivity contribution in [3.05, 3.63) is 58.1 Å². The number of carbonyl (C=O) groups is 1. The Bertz CT molecular complexity index is 632. The Kier molecular flexibility index (Phi) is 5.15. The minimum atomic E-state index is -0.151. The van der Waals surface area contributed by atoms with Crippen molar-refractivity contribution < 1.29 is 4.79 Å². The molecule has 0 N–H and O–H groups in total. The third-order valence-electron chi connectivity index (χ3n) is 2.99. The van der Waals surface area contributed by atoms with Gasteiger partial charge in [0.1, 0.15) is 5.15 Å². The second-order valence-corrected chi connectivity index (χ2v) is 5.61. The van der Waals surface area contributed by atoms with Gasteiger partial charge in [-0.05, 0) is 32.0 Å². The van der Waals surface area contributed by atoms with E-state index >= 15 is 0 Å². The molecule has 0 spiro atoms. The van der Waals surface area contributed by atoms with Crippen LogP contribution in [0.5, 0.6) is 0 Å². The molecule has 0 radical (unpaired) electrons. The lowest BCUT2D eigenvalue weighted by molar-refractivity contribution is 0.0687. The number of hydrogen-bond donors (Lipinski definition) is 0. The van der Waals surface area contributed by atoms with Crippen LogP contribution in [0.2, 0.25) is 10.2 Å². The molecule has 0 saturated heterocycles. The molecule has 2 aromatic heterocycles. The molecule has 4 nitrogen and oxygen atoms in total. The molecule has 0 fully saturated rings. The molecule has 0 saturated carbocycles. The first-order valence-corrected chi connectivity index (χ1v) is 7.26. The maximum Gasteiger partial charge on any atom is 0.256 e. The summed E-state index contributed by atoms with van der Waals surface area (Å²) < 4.78 is 0. The highest BCUT2D eigenvalue weighted by molar-refractivity contribution is 6.41. The summed E-state index contributed by atoms with van der Waals surface area (Å²) in [5.74, 6) is -0.151. The standard InChI is InChI=1S/C15H15Cl2N3O/c1-10(2)20(9-12-5-3-4-6-18-12)15(21)11-7-13(16)14(17)19-8-11/h3-8,10H,9H2,1-2H3. The number of nitrogens with zero attached hydrogens (tertiary/aromatic N) is 3. The summed E-state index contributed by atoms with van der Waals surface area (Å²) >= 11 is 11.7. The summed E-state index contributed by atoms with van der Waals surface area (Å²) in [5, 5.41) is 0.457. The van der Waals surface area contributed by atoms with Gasteiger partial charge >= 0.3 is 0 Å². The monoisotopic (exact) mass is 323 g/mol. The molecule has 6 heteroatoms. The second-order valence-electron chi connectivity index (χ2n) is 4.84. The van der Waals surface area contributed by atoms with Crippen LogP contribution < -0.4 is 0 Å². The summed E-state index contributed by atoms with van der Waals surface area (Å²) in [7, 11) is 0. The van der Waals surface area contributed by atoms with Crippen LogP contribution in [0.1, 0.15) is 29.9 Å². The van der Waals surface area contributed by atoms with Gasteiger partial charge in [-0.25, -0.2) is 4.98 Å². The minimum absolute atomic E-state index is 0.0222. The van der Waals surface area contributed by atoms with Crippen LogP contribution in [0.25, 0.3) is 0 Å². The first-order chi connectivity index (χ1) is 9.99. The first-order valence-electron chi connectivity index (χ1n) is 6.51. The Hall–Kier alpha value is -1.65. The van der Waals surface area contributed by atoms with Crippen molar-refractivity contribution in [1.29, 1.82) is 0 Å². The maximum absolute atomic E-state index is 12.6. The number of aromatic nitrogens is 2. The Morgan fingerprint density at radius 3 is 2.62 bits per heavy atom. The van der Waals surface area contributed by atoms with Crippen molar-refractivity contribution in [3.8, 4) is 0 Å². The van der Waals surface area contributed by atoms with Gasteiger partial charge in [0.2, 0.25) is 0 Å². The highest BCUT2D eigenvalue weighted by atomic mass is 35.5. The van der Waals surface area contributed by atoms with Crippen LogP contribution in [0.4, 0.5) is 0 Å². The average molecular weight is 324 g/mol. The van der Waals surface area contributed by atoms with Gasteiger partial charge in [0.05, 0.1) is 22.8 Å². The lowest BCUT2D eigenvalue weighted by Gasteiger charge is -2.26. The average Bonchev–Trinajstić information content (AvgIpc) is 2.47. The molecule has 2 heterocycles. The number of pyridine rings is 2. The smallest absolute Gasteiger partial charge is 0.256 e. The van der Waals surface area contributed by atoms with E-state index in [0.717, 1.165) is 5.69 Å². The second kappa shape index (κ2) is 6.87. The minimum Gasteiger partial charge on any atom is -0.330 e. The fraction of sp³-hybridized carbons (Fsp3) is 0.267. The summed E-state index contributed by atoms with van der Waals surface area (Å²) in [6.45, 7) is 4.33. The first kappa shape index (κ1) is 15.7. The third-order valence-corrected chi connectivity index (χ3v) is 3.67. The number of rotatable bonds is 4. The molecule has 0 aromatic carbocycles. The molecular formula is C15H15Cl2N3O. The molecule has 0 aliphatic heterocycles. The van der Waals surface area contributed by atoms with Crippen molar-refractivity contribution in [3.63, 3.8) is 0 Å². The van der Waals surface area contributed by atoms with Gasteiger partial charge in [-0.1, -0.05) is 29.3 Å². The normalized spacial score (nSPS) is 10.7. The molecule has 21 heavy (non-hydrogen) atoms. The molecule has 0 unspecified atom stereocenters. The Morgan fingerprint density at radius 2 is 2.05 bits per heavy atom. The molecule has 0 atom stereocenters. The van der Waals surface area contributed by atoms with E-state index in [1.54, 1.807) is 11.1 Å². The van der Waals surface area contributed by atoms with Crippen LogP contribution in [0.3, 0.4) is 0 Å². The SMILES string of the molecule is CC(C)N(Cc1ccccn1)C(=O)c1cnc(Cl)c(Cl)c1. The van der Waals surface area contributed by atoms with Gasteiger partial charge in [0.15, 0.2) is 0 Å². The van der Waals surface area contributed by atoms with E-state index in [9.17, 15) is 4.79 Å². The van der Waals surface area contributed by atoms with E-state index in [1.165, 1.54) is 12.3 Å². The molecular weight excluding hydrogens is 309 g/mol. The quantitative estimate of drug-likeness (QED) is 0.803. The van der Waals surface area contributed by atoms with Crippen molar-refractivity contribution in [2.45, 2.75) is 26.4 Å². The zero-order valence-electron chi connectivity index (χ0n) is 11.8. The van der Waals surface area contributed by atoms with Gasteiger partial charge in [0, 0.05) is 18.4 Å². The molecule has 0 bridgehead atoms. The number of hydrogen-bond acceptors (Lipinski definition) is 3. The zero-order valence-corrected chi connectivity index (χ0v) is 13.3. The largest absolute Gasteiger partial charge is 0.330 e. The highest BCUT2D eigenvalue weighted by Gasteiger charge is 2.20. The Morgan fingerprint density at radius 1 is 1.29 bits per heavy atom. The van der Waals surface area contributed by atoms with Crippen molar-refractivity contribution >= 4 is 29.1 Å². The lowest BCUT2D eigenvalue weighted by atomic mass is 10.2. The Balaban J connectivity index is 2.25. The topological polar surface area (TPSA) is 46.1 Å². The number of halogens is 2. The van der Waals surface area contributed by atoms with Gasteiger partial charge in [-0.3, -0.25) is 9.78 Å². The van der Waals surface area contributed by atoms with Crippen molar-refractivity contribution in [1.82, 2.24) is 14.9 Å². The molecule has 1 amide bonds. The molecule has 2 aromatic rings. The van der Waals surface area contributed by atoms with Crippen molar-refractivity contribution in [2.75, 3.05) is 0 Å². The summed E-state index contributed by atoms with van der Waals surface area (Å²) in [6.07, 6.45) is 3.14. The van der Waals surface area contributed by atoms with Gasteiger partial charge in [-0.2, -0.15) is 0 Å². The van der Waals surface area contributed by atoms with E-state index in [4.69, 9.17) is 23.2 Å². The van der Waals surface area contributed by atoms with Crippen LogP contribution in [0, 0.1) is 0 Å². The maximum atomic E-state index is 12.6. The van der Waals surface area contributed by atoms with E-state index < -0.39 is 0 Å². The fourth-order valence-corrected chi connectivity index (χ4v) is 2.13. The summed E-state index contributed by atoms with van der Waals surface area (Å²) in [6, 6.07) is 7.18.